The third kappa shape index (κ3) is 3.99. The Hall–Kier alpha value is -2.49. The molecule has 0 bridgehead atoms. The van der Waals surface area contributed by atoms with E-state index in [1.807, 2.05) is 12.1 Å². The molecule has 0 unspecified atom stereocenters. The van der Waals surface area contributed by atoms with Gasteiger partial charge in [0.05, 0.1) is 0 Å². The summed E-state index contributed by atoms with van der Waals surface area (Å²) in [6, 6.07) is 13.0. The summed E-state index contributed by atoms with van der Waals surface area (Å²) < 4.78 is 5.71. The predicted octanol–water partition coefficient (Wildman–Crippen LogP) is 2.90. The van der Waals surface area contributed by atoms with Crippen LogP contribution >= 0.6 is 0 Å². The van der Waals surface area contributed by atoms with Gasteiger partial charge in [0, 0.05) is 16.8 Å². The lowest BCUT2D eigenvalue weighted by atomic mass is 10.1. The standard InChI is InChI=1S/C17H20N2O2/c1-2-3-12-4-8-15(9-5-12)21-11-14-7-6-13(17(19)20)10-16(14)18/h4-10H,2-3,11,18H2,1H3,(H2,19,20). The number of carbonyl (C=O) groups is 1. The molecule has 0 atom stereocenters. The number of carbonyl (C=O) groups excluding carboxylic acids is 1. The van der Waals surface area contributed by atoms with Crippen LogP contribution in [0.1, 0.15) is 34.8 Å². The Morgan fingerprint density at radius 1 is 1.14 bits per heavy atom. The van der Waals surface area contributed by atoms with Gasteiger partial charge in [-0.3, -0.25) is 4.79 Å². The molecule has 2 aromatic carbocycles. The van der Waals surface area contributed by atoms with Gasteiger partial charge in [-0.15, -0.1) is 0 Å². The van der Waals surface area contributed by atoms with Crippen molar-refractivity contribution in [2.24, 2.45) is 5.73 Å². The molecular formula is C17H20N2O2. The Bertz CT molecular complexity index is 621. The van der Waals surface area contributed by atoms with Crippen molar-refractivity contribution in [1.82, 2.24) is 0 Å². The number of benzene rings is 2. The van der Waals surface area contributed by atoms with Gasteiger partial charge in [-0.25, -0.2) is 0 Å². The minimum absolute atomic E-state index is 0.359. The van der Waals surface area contributed by atoms with Gasteiger partial charge in [0.1, 0.15) is 12.4 Å². The Balaban J connectivity index is 2.01. The molecule has 1 amide bonds. The van der Waals surface area contributed by atoms with Crippen molar-refractivity contribution in [3.05, 3.63) is 59.2 Å². The molecule has 0 aliphatic heterocycles. The van der Waals surface area contributed by atoms with Gasteiger partial charge in [-0.05, 0) is 36.2 Å². The Kier molecular flexibility index (Phi) is 4.82. The summed E-state index contributed by atoms with van der Waals surface area (Å²) in [5.74, 6) is 0.314. The Morgan fingerprint density at radius 2 is 1.86 bits per heavy atom. The van der Waals surface area contributed by atoms with Crippen LogP contribution in [0, 0.1) is 0 Å². The molecule has 0 spiro atoms. The molecule has 0 aliphatic carbocycles. The fourth-order valence-electron chi connectivity index (χ4n) is 2.08. The first kappa shape index (κ1) is 14.9. The van der Waals surface area contributed by atoms with E-state index in [0.717, 1.165) is 24.2 Å². The maximum absolute atomic E-state index is 11.1. The third-order valence-corrected chi connectivity index (χ3v) is 3.29. The highest BCUT2D eigenvalue weighted by molar-refractivity contribution is 5.93. The van der Waals surface area contributed by atoms with E-state index in [2.05, 4.69) is 19.1 Å². The second kappa shape index (κ2) is 6.79. The maximum Gasteiger partial charge on any atom is 0.248 e. The second-order valence-corrected chi connectivity index (χ2v) is 4.96. The predicted molar refractivity (Wildman–Crippen MR) is 84.1 cm³/mol. The number of aryl methyl sites for hydroxylation is 1. The van der Waals surface area contributed by atoms with Crippen molar-refractivity contribution in [2.45, 2.75) is 26.4 Å². The molecule has 2 rings (SSSR count). The van der Waals surface area contributed by atoms with E-state index in [1.54, 1.807) is 18.2 Å². The average Bonchev–Trinajstić information content (AvgIpc) is 2.47. The van der Waals surface area contributed by atoms with Crippen molar-refractivity contribution in [3.8, 4) is 5.75 Å². The van der Waals surface area contributed by atoms with Gasteiger partial charge < -0.3 is 16.2 Å². The van der Waals surface area contributed by atoms with Crippen LogP contribution < -0.4 is 16.2 Å². The van der Waals surface area contributed by atoms with E-state index in [-0.39, 0.29) is 0 Å². The molecular weight excluding hydrogens is 264 g/mol. The fourth-order valence-corrected chi connectivity index (χ4v) is 2.08. The molecule has 4 nitrogen and oxygen atoms in total. The van der Waals surface area contributed by atoms with Crippen LogP contribution in [0.3, 0.4) is 0 Å². The largest absolute Gasteiger partial charge is 0.489 e. The Labute approximate surface area is 124 Å². The van der Waals surface area contributed by atoms with Crippen LogP contribution in [0.5, 0.6) is 5.75 Å². The molecule has 0 aliphatic rings. The normalized spacial score (nSPS) is 10.3. The van der Waals surface area contributed by atoms with E-state index in [4.69, 9.17) is 16.2 Å². The molecule has 0 radical (unpaired) electrons. The van der Waals surface area contributed by atoms with Crippen molar-refractivity contribution in [2.75, 3.05) is 5.73 Å². The highest BCUT2D eigenvalue weighted by atomic mass is 16.5. The SMILES string of the molecule is CCCc1ccc(OCc2ccc(C(N)=O)cc2N)cc1. The summed E-state index contributed by atoms with van der Waals surface area (Å²) in [4.78, 5) is 11.1. The van der Waals surface area contributed by atoms with Gasteiger partial charge in [-0.2, -0.15) is 0 Å². The number of nitrogen functional groups attached to an aromatic ring is 1. The minimum atomic E-state index is -0.485. The Morgan fingerprint density at radius 3 is 2.43 bits per heavy atom. The van der Waals surface area contributed by atoms with Crippen LogP contribution in [-0.2, 0) is 13.0 Å². The number of hydrogen-bond donors (Lipinski definition) is 2. The quantitative estimate of drug-likeness (QED) is 0.800. The molecule has 110 valence electrons. The van der Waals surface area contributed by atoms with E-state index < -0.39 is 5.91 Å². The number of rotatable bonds is 6. The lowest BCUT2D eigenvalue weighted by Crippen LogP contribution is -2.12. The zero-order valence-electron chi connectivity index (χ0n) is 12.1. The topological polar surface area (TPSA) is 78.3 Å². The molecule has 0 saturated heterocycles. The first-order valence-electron chi connectivity index (χ1n) is 7.00. The smallest absolute Gasteiger partial charge is 0.248 e. The zero-order chi connectivity index (χ0) is 15.2. The highest BCUT2D eigenvalue weighted by Gasteiger charge is 2.05. The van der Waals surface area contributed by atoms with Gasteiger partial charge >= 0.3 is 0 Å². The van der Waals surface area contributed by atoms with Crippen LogP contribution in [-0.4, -0.2) is 5.91 Å². The fraction of sp³-hybridized carbons (Fsp3) is 0.235. The average molecular weight is 284 g/mol. The molecule has 4 N–H and O–H groups in total. The van der Waals surface area contributed by atoms with E-state index in [9.17, 15) is 4.79 Å². The summed E-state index contributed by atoms with van der Waals surface area (Å²) >= 11 is 0. The zero-order valence-corrected chi connectivity index (χ0v) is 12.1. The first-order valence-corrected chi connectivity index (χ1v) is 7.00. The number of anilines is 1. The summed E-state index contributed by atoms with van der Waals surface area (Å²) in [5, 5.41) is 0. The van der Waals surface area contributed by atoms with Gasteiger partial charge in [-0.1, -0.05) is 31.5 Å². The highest BCUT2D eigenvalue weighted by Crippen LogP contribution is 2.19. The lowest BCUT2D eigenvalue weighted by Gasteiger charge is -2.10. The summed E-state index contributed by atoms with van der Waals surface area (Å²) in [6.07, 6.45) is 2.20. The van der Waals surface area contributed by atoms with Crippen molar-refractivity contribution >= 4 is 11.6 Å². The molecule has 2 aromatic rings. The van der Waals surface area contributed by atoms with Gasteiger partial charge in [0.25, 0.3) is 0 Å². The van der Waals surface area contributed by atoms with E-state index >= 15 is 0 Å². The number of nitrogens with two attached hydrogens (primary N) is 2. The third-order valence-electron chi connectivity index (χ3n) is 3.29. The minimum Gasteiger partial charge on any atom is -0.489 e. The second-order valence-electron chi connectivity index (χ2n) is 4.96. The number of ether oxygens (including phenoxy) is 1. The van der Waals surface area contributed by atoms with E-state index in [0.29, 0.717) is 17.9 Å². The van der Waals surface area contributed by atoms with Crippen LogP contribution in [0.15, 0.2) is 42.5 Å². The van der Waals surface area contributed by atoms with Gasteiger partial charge in [0.2, 0.25) is 5.91 Å². The van der Waals surface area contributed by atoms with Gasteiger partial charge in [0.15, 0.2) is 0 Å². The monoisotopic (exact) mass is 284 g/mol. The molecule has 0 fully saturated rings. The number of amides is 1. The summed E-state index contributed by atoms with van der Waals surface area (Å²) in [7, 11) is 0. The summed E-state index contributed by atoms with van der Waals surface area (Å²) in [6.45, 7) is 2.51. The van der Waals surface area contributed by atoms with Crippen LogP contribution in [0.4, 0.5) is 5.69 Å². The van der Waals surface area contributed by atoms with Crippen molar-refractivity contribution in [1.29, 1.82) is 0 Å². The molecule has 4 heteroatoms. The van der Waals surface area contributed by atoms with Crippen LogP contribution in [0.25, 0.3) is 0 Å². The first-order chi connectivity index (χ1) is 10.1. The number of hydrogen-bond acceptors (Lipinski definition) is 3. The molecule has 0 aromatic heterocycles. The van der Waals surface area contributed by atoms with Crippen molar-refractivity contribution in [3.63, 3.8) is 0 Å². The van der Waals surface area contributed by atoms with Crippen LogP contribution in [0.2, 0.25) is 0 Å². The maximum atomic E-state index is 11.1. The summed E-state index contributed by atoms with van der Waals surface area (Å²) in [5.41, 5.74) is 14.2. The lowest BCUT2D eigenvalue weighted by molar-refractivity contribution is 0.100. The van der Waals surface area contributed by atoms with Crippen molar-refractivity contribution < 1.29 is 9.53 Å². The molecule has 0 heterocycles. The van der Waals surface area contributed by atoms with E-state index in [1.165, 1.54) is 5.56 Å². The number of primary amides is 1. The molecule has 0 saturated carbocycles. The molecule has 21 heavy (non-hydrogen) atoms.